The Morgan fingerprint density at radius 1 is 1.11 bits per heavy atom. The minimum absolute atomic E-state index is 0.0891. The van der Waals surface area contributed by atoms with Gasteiger partial charge in [0.25, 0.3) is 11.5 Å². The maximum Gasteiger partial charge on any atom is 0.277 e. The first-order valence-electron chi connectivity index (χ1n) is 14.8. The van der Waals surface area contributed by atoms with Crippen LogP contribution in [0.15, 0.2) is 58.2 Å². The monoisotopic (exact) mass is 635 g/mol. The zero-order valence-electron chi connectivity index (χ0n) is 25.5. The molecule has 2 aromatic heterocycles. The molecule has 45 heavy (non-hydrogen) atoms. The second kappa shape index (κ2) is 13.7. The first kappa shape index (κ1) is 32.0. The molecule has 0 atom stereocenters. The van der Waals surface area contributed by atoms with Crippen molar-refractivity contribution in [1.82, 2.24) is 34.3 Å². The zero-order valence-corrected chi connectivity index (χ0v) is 26.3. The molecule has 1 amide bonds. The standard InChI is InChI=1S/C31H37N7O6S/c1-4-6-27-32-21(3)29-31(40)33-30(34-38(27)29)25-19-24(12-13-26(25)44-5-2)45(42,43)37-17-15-36(16-18-37)20-23-9-7-22(8-10-23)11-14-28(39)35-41/h7-14,19,41H,4-6,15-18,20H2,1-3H3,(H,35,39)(H,33,34,40)/b14-11+. The molecule has 3 heterocycles. The normalized spacial score (nSPS) is 14.8. The molecule has 0 radical (unpaired) electrons. The van der Waals surface area contributed by atoms with E-state index >= 15 is 0 Å². The van der Waals surface area contributed by atoms with Crippen molar-refractivity contribution in [2.45, 2.75) is 45.1 Å². The number of aromatic amines is 1. The fourth-order valence-electron chi connectivity index (χ4n) is 5.36. The third-order valence-corrected chi connectivity index (χ3v) is 9.51. The molecule has 1 aliphatic rings. The highest BCUT2D eigenvalue weighted by molar-refractivity contribution is 7.89. The van der Waals surface area contributed by atoms with Crippen LogP contribution >= 0.6 is 0 Å². The van der Waals surface area contributed by atoms with Gasteiger partial charge < -0.3 is 9.72 Å². The van der Waals surface area contributed by atoms with Crippen molar-refractivity contribution >= 4 is 27.5 Å². The Morgan fingerprint density at radius 3 is 2.51 bits per heavy atom. The lowest BCUT2D eigenvalue weighted by Crippen LogP contribution is -2.48. The molecule has 5 rings (SSSR count). The van der Waals surface area contributed by atoms with E-state index in [1.807, 2.05) is 38.1 Å². The molecule has 0 spiro atoms. The zero-order chi connectivity index (χ0) is 32.1. The number of fused-ring (bicyclic) bond motifs is 1. The van der Waals surface area contributed by atoms with Crippen LogP contribution < -0.4 is 15.8 Å². The largest absolute Gasteiger partial charge is 0.493 e. The molecule has 238 valence electrons. The van der Waals surface area contributed by atoms with Crippen LogP contribution in [0.1, 0.15) is 42.9 Å². The van der Waals surface area contributed by atoms with Gasteiger partial charge in [-0.05, 0) is 55.7 Å². The number of rotatable bonds is 11. The number of sulfonamides is 1. The topological polar surface area (TPSA) is 162 Å². The fraction of sp³-hybridized carbons (Fsp3) is 0.355. The van der Waals surface area contributed by atoms with Crippen molar-refractivity contribution in [3.05, 3.63) is 81.5 Å². The summed E-state index contributed by atoms with van der Waals surface area (Å²) in [5.74, 6) is 0.672. The van der Waals surface area contributed by atoms with E-state index in [0.717, 1.165) is 17.5 Å². The van der Waals surface area contributed by atoms with Crippen molar-refractivity contribution in [3.63, 3.8) is 0 Å². The Bertz CT molecular complexity index is 1870. The summed E-state index contributed by atoms with van der Waals surface area (Å²) in [5.41, 5.74) is 4.38. The van der Waals surface area contributed by atoms with Crippen LogP contribution in [-0.2, 0) is 27.8 Å². The highest BCUT2D eigenvalue weighted by Gasteiger charge is 2.30. The van der Waals surface area contributed by atoms with Crippen LogP contribution in [0.3, 0.4) is 0 Å². The highest BCUT2D eigenvalue weighted by Crippen LogP contribution is 2.32. The molecule has 0 aliphatic carbocycles. The van der Waals surface area contributed by atoms with Gasteiger partial charge in [0, 0.05) is 45.2 Å². The van der Waals surface area contributed by atoms with Crippen molar-refractivity contribution in [2.75, 3.05) is 32.8 Å². The molecule has 1 fully saturated rings. The van der Waals surface area contributed by atoms with Gasteiger partial charge in [0.15, 0.2) is 11.3 Å². The first-order chi connectivity index (χ1) is 21.6. The van der Waals surface area contributed by atoms with Gasteiger partial charge in [-0.3, -0.25) is 19.7 Å². The van der Waals surface area contributed by atoms with E-state index in [-0.39, 0.29) is 16.3 Å². The number of ether oxygens (including phenoxy) is 1. The van der Waals surface area contributed by atoms with Crippen molar-refractivity contribution in [1.29, 1.82) is 0 Å². The van der Waals surface area contributed by atoms with Crippen LogP contribution in [0.5, 0.6) is 5.75 Å². The number of hydrogen-bond acceptors (Lipinski definition) is 9. The van der Waals surface area contributed by atoms with Crippen molar-refractivity contribution in [3.8, 4) is 17.1 Å². The number of aryl methyl sites for hydroxylation is 2. The van der Waals surface area contributed by atoms with E-state index < -0.39 is 15.9 Å². The summed E-state index contributed by atoms with van der Waals surface area (Å²) in [4.78, 5) is 33.9. The maximum absolute atomic E-state index is 13.8. The molecule has 0 bridgehead atoms. The quantitative estimate of drug-likeness (QED) is 0.128. The molecular formula is C31H37N7O6S. The van der Waals surface area contributed by atoms with Crippen molar-refractivity contribution in [2.24, 2.45) is 0 Å². The number of aromatic nitrogens is 4. The molecule has 0 saturated carbocycles. The van der Waals surface area contributed by atoms with Gasteiger partial charge in [-0.1, -0.05) is 31.2 Å². The molecular weight excluding hydrogens is 598 g/mol. The first-order valence-corrected chi connectivity index (χ1v) is 16.3. The summed E-state index contributed by atoms with van der Waals surface area (Å²) >= 11 is 0. The van der Waals surface area contributed by atoms with E-state index in [1.165, 1.54) is 22.5 Å². The lowest BCUT2D eigenvalue weighted by atomic mass is 10.1. The Morgan fingerprint density at radius 2 is 1.84 bits per heavy atom. The van der Waals surface area contributed by atoms with Crippen LogP contribution in [0, 0.1) is 6.92 Å². The number of hydrogen-bond donors (Lipinski definition) is 3. The second-order valence-corrected chi connectivity index (χ2v) is 12.7. The Kier molecular flexibility index (Phi) is 9.77. The lowest BCUT2D eigenvalue weighted by Gasteiger charge is -2.34. The van der Waals surface area contributed by atoms with E-state index in [2.05, 4.69) is 20.0 Å². The molecule has 0 unspecified atom stereocenters. The second-order valence-electron chi connectivity index (χ2n) is 10.7. The number of piperazine rings is 1. The lowest BCUT2D eigenvalue weighted by molar-refractivity contribution is -0.124. The molecule has 14 heteroatoms. The summed E-state index contributed by atoms with van der Waals surface area (Å²) in [6.07, 6.45) is 4.29. The third kappa shape index (κ3) is 6.99. The summed E-state index contributed by atoms with van der Waals surface area (Å²) in [5, 5.41) is 13.3. The number of benzene rings is 2. The smallest absolute Gasteiger partial charge is 0.277 e. The molecule has 2 aromatic carbocycles. The van der Waals surface area contributed by atoms with Gasteiger partial charge >= 0.3 is 0 Å². The van der Waals surface area contributed by atoms with E-state index in [0.29, 0.717) is 74.1 Å². The van der Waals surface area contributed by atoms with Crippen LogP contribution in [0.2, 0.25) is 0 Å². The number of carbonyl (C=O) groups is 1. The maximum atomic E-state index is 13.8. The summed E-state index contributed by atoms with van der Waals surface area (Å²) in [6, 6.07) is 12.3. The molecule has 1 saturated heterocycles. The summed E-state index contributed by atoms with van der Waals surface area (Å²) < 4.78 is 36.4. The summed E-state index contributed by atoms with van der Waals surface area (Å²) in [6.45, 7) is 8.34. The minimum Gasteiger partial charge on any atom is -0.493 e. The number of imidazole rings is 1. The fourth-order valence-corrected chi connectivity index (χ4v) is 6.81. The van der Waals surface area contributed by atoms with Crippen LogP contribution in [0.25, 0.3) is 23.0 Å². The Hall–Kier alpha value is -4.37. The molecule has 1 aliphatic heterocycles. The minimum atomic E-state index is -3.85. The number of carbonyl (C=O) groups excluding carboxylic acids is 1. The highest BCUT2D eigenvalue weighted by atomic mass is 32.2. The predicted molar refractivity (Wildman–Crippen MR) is 168 cm³/mol. The van der Waals surface area contributed by atoms with Crippen molar-refractivity contribution < 1.29 is 23.2 Å². The Labute approximate surface area is 261 Å². The van der Waals surface area contributed by atoms with Gasteiger partial charge in [-0.15, -0.1) is 5.10 Å². The van der Waals surface area contributed by atoms with E-state index in [4.69, 9.17) is 9.94 Å². The number of nitrogens with one attached hydrogen (secondary N) is 2. The average molecular weight is 636 g/mol. The van der Waals surface area contributed by atoms with Gasteiger partial charge in [-0.2, -0.15) is 4.31 Å². The SMILES string of the molecule is CCCc1nc(C)c2c(=O)[nH]c(-c3cc(S(=O)(=O)N4CCN(Cc5ccc(/C=C/C(=O)NO)cc5)CC4)ccc3OCC)nn12. The van der Waals surface area contributed by atoms with E-state index in [9.17, 15) is 18.0 Å². The number of H-pyrrole nitrogens is 1. The number of amides is 1. The average Bonchev–Trinajstić information content (AvgIpc) is 3.36. The molecule has 4 aromatic rings. The van der Waals surface area contributed by atoms with Gasteiger partial charge in [-0.25, -0.2) is 23.4 Å². The van der Waals surface area contributed by atoms with Crippen LogP contribution in [-0.4, -0.2) is 81.1 Å². The predicted octanol–water partition coefficient (Wildman–Crippen LogP) is 2.77. The number of nitrogens with zero attached hydrogens (tertiary/aromatic N) is 5. The van der Waals surface area contributed by atoms with E-state index in [1.54, 1.807) is 29.1 Å². The number of hydroxylamine groups is 1. The Balaban J connectivity index is 1.34. The molecule has 13 nitrogen and oxygen atoms in total. The van der Waals surface area contributed by atoms with Crippen LogP contribution in [0.4, 0.5) is 0 Å². The summed E-state index contributed by atoms with van der Waals surface area (Å²) in [7, 11) is -3.85. The van der Waals surface area contributed by atoms with Gasteiger partial charge in [0.05, 0.1) is 22.8 Å². The van der Waals surface area contributed by atoms with Gasteiger partial charge in [0.2, 0.25) is 10.0 Å². The third-order valence-electron chi connectivity index (χ3n) is 7.61. The van der Waals surface area contributed by atoms with Gasteiger partial charge in [0.1, 0.15) is 11.6 Å². The molecule has 3 N–H and O–H groups in total.